The van der Waals surface area contributed by atoms with Crippen molar-refractivity contribution in [1.82, 2.24) is 15.3 Å². The van der Waals surface area contributed by atoms with Gasteiger partial charge in [0.25, 0.3) is 12.3 Å². The zero-order chi connectivity index (χ0) is 26.3. The number of amides is 1. The summed E-state index contributed by atoms with van der Waals surface area (Å²) in [6.45, 7) is 4.23. The fourth-order valence-corrected chi connectivity index (χ4v) is 5.26. The van der Waals surface area contributed by atoms with Gasteiger partial charge < -0.3 is 20.4 Å². The number of para-hydroxylation sites is 1. The van der Waals surface area contributed by atoms with Crippen LogP contribution in [-0.4, -0.2) is 55.3 Å². The van der Waals surface area contributed by atoms with Crippen molar-refractivity contribution in [3.05, 3.63) is 63.8 Å². The third-order valence-electron chi connectivity index (χ3n) is 6.40. The molecule has 0 saturated carbocycles. The van der Waals surface area contributed by atoms with E-state index in [0.717, 1.165) is 6.54 Å². The second kappa shape index (κ2) is 10.3. The molecule has 12 heteroatoms. The molecule has 8 nitrogen and oxygen atoms in total. The van der Waals surface area contributed by atoms with Crippen molar-refractivity contribution < 1.29 is 13.6 Å². The molecular formula is C25H25Cl2F2N7O. The van der Waals surface area contributed by atoms with Gasteiger partial charge in [0.2, 0.25) is 5.95 Å². The van der Waals surface area contributed by atoms with Gasteiger partial charge in [-0.3, -0.25) is 9.69 Å². The van der Waals surface area contributed by atoms with Gasteiger partial charge in [-0.1, -0.05) is 29.3 Å². The lowest BCUT2D eigenvalue weighted by Crippen LogP contribution is -2.49. The number of piperazine rings is 1. The maximum Gasteiger partial charge on any atom is 0.265 e. The molecule has 3 aromatic rings. The summed E-state index contributed by atoms with van der Waals surface area (Å²) in [5.74, 6) is 0.248. The fourth-order valence-electron chi connectivity index (χ4n) is 4.66. The Labute approximate surface area is 223 Å². The first-order valence-corrected chi connectivity index (χ1v) is 12.5. The summed E-state index contributed by atoms with van der Waals surface area (Å²) in [7, 11) is 1.78. The first-order valence-electron chi connectivity index (χ1n) is 11.7. The molecule has 0 spiro atoms. The highest BCUT2D eigenvalue weighted by Gasteiger charge is 2.33. The van der Waals surface area contributed by atoms with E-state index in [1.54, 1.807) is 42.3 Å². The number of nitrogens with zero attached hydrogens (tertiary/aromatic N) is 5. The Bertz CT molecular complexity index is 1320. The average Bonchev–Trinajstić information content (AvgIpc) is 2.86. The molecular weight excluding hydrogens is 523 g/mol. The van der Waals surface area contributed by atoms with Crippen LogP contribution in [0.15, 0.2) is 42.6 Å². The van der Waals surface area contributed by atoms with Gasteiger partial charge in [-0.15, -0.1) is 0 Å². The molecule has 3 heterocycles. The minimum Gasteiger partial charge on any atom is -0.368 e. The van der Waals surface area contributed by atoms with E-state index in [1.165, 1.54) is 17.2 Å². The van der Waals surface area contributed by atoms with Crippen LogP contribution in [0.4, 0.5) is 37.6 Å². The SMILES string of the molecule is CC1CN(c2ccc(Nc3ncc4c(n3)N(C)CN(c3c(Cl)cccc3Cl)C4=O)cc2C(F)F)CCN1. The predicted octanol–water partition coefficient (Wildman–Crippen LogP) is 5.32. The number of carbonyl (C=O) groups is 1. The number of hydrogen-bond acceptors (Lipinski definition) is 7. The van der Waals surface area contributed by atoms with Gasteiger partial charge in [-0.25, -0.2) is 13.8 Å². The number of carbonyl (C=O) groups excluding carboxylic acids is 1. The van der Waals surface area contributed by atoms with Crippen LogP contribution in [-0.2, 0) is 0 Å². The van der Waals surface area contributed by atoms with Crippen LogP contribution in [0, 0.1) is 0 Å². The summed E-state index contributed by atoms with van der Waals surface area (Å²) >= 11 is 12.6. The number of nitrogens with one attached hydrogen (secondary N) is 2. The van der Waals surface area contributed by atoms with Gasteiger partial charge in [0, 0.05) is 55.9 Å². The minimum absolute atomic E-state index is 0.0587. The number of benzene rings is 2. The van der Waals surface area contributed by atoms with E-state index in [4.69, 9.17) is 23.2 Å². The molecule has 2 N–H and O–H groups in total. The minimum atomic E-state index is -2.64. The van der Waals surface area contributed by atoms with Gasteiger partial charge in [-0.2, -0.15) is 4.98 Å². The van der Waals surface area contributed by atoms with Gasteiger partial charge in [-0.05, 0) is 37.3 Å². The summed E-state index contributed by atoms with van der Waals surface area (Å²) in [6, 6.07) is 10.1. The van der Waals surface area contributed by atoms with Gasteiger partial charge >= 0.3 is 0 Å². The topological polar surface area (TPSA) is 76.6 Å². The summed E-state index contributed by atoms with van der Waals surface area (Å²) in [5.41, 5.74) is 1.57. The number of rotatable bonds is 5. The molecule has 2 aromatic carbocycles. The number of hydrogen-bond donors (Lipinski definition) is 2. The maximum atomic E-state index is 14.0. The van der Waals surface area contributed by atoms with Crippen molar-refractivity contribution in [2.45, 2.75) is 19.4 Å². The van der Waals surface area contributed by atoms with Crippen LogP contribution in [0.3, 0.4) is 0 Å². The predicted molar refractivity (Wildman–Crippen MR) is 143 cm³/mol. The van der Waals surface area contributed by atoms with E-state index in [-0.39, 0.29) is 35.7 Å². The quantitative estimate of drug-likeness (QED) is 0.447. The monoisotopic (exact) mass is 547 g/mol. The maximum absolute atomic E-state index is 14.0. The Morgan fingerprint density at radius 3 is 2.65 bits per heavy atom. The second-order valence-corrected chi connectivity index (χ2v) is 9.89. The van der Waals surface area contributed by atoms with Crippen molar-refractivity contribution in [1.29, 1.82) is 0 Å². The summed E-state index contributed by atoms with van der Waals surface area (Å²) in [5, 5.41) is 7.03. The molecule has 0 aliphatic carbocycles. The molecule has 5 rings (SSSR count). The molecule has 194 valence electrons. The Kier molecular flexibility index (Phi) is 7.06. The van der Waals surface area contributed by atoms with Crippen molar-refractivity contribution in [3.63, 3.8) is 0 Å². The zero-order valence-corrected chi connectivity index (χ0v) is 21.7. The Balaban J connectivity index is 1.41. The highest BCUT2D eigenvalue weighted by Crippen LogP contribution is 2.38. The van der Waals surface area contributed by atoms with Crippen molar-refractivity contribution in [2.24, 2.45) is 0 Å². The first kappa shape index (κ1) is 25.4. The van der Waals surface area contributed by atoms with Crippen molar-refractivity contribution >= 4 is 57.9 Å². The third kappa shape index (κ3) is 5.01. The second-order valence-electron chi connectivity index (χ2n) is 9.07. The fraction of sp³-hybridized carbons (Fsp3) is 0.320. The third-order valence-corrected chi connectivity index (χ3v) is 7.01. The number of anilines is 5. The molecule has 1 aromatic heterocycles. The molecule has 1 amide bonds. The number of alkyl halides is 2. The Hall–Kier alpha value is -3.21. The first-order chi connectivity index (χ1) is 17.7. The van der Waals surface area contributed by atoms with E-state index in [2.05, 4.69) is 20.6 Å². The summed E-state index contributed by atoms with van der Waals surface area (Å²) in [4.78, 5) is 27.2. The van der Waals surface area contributed by atoms with Crippen LogP contribution in [0.1, 0.15) is 29.3 Å². The van der Waals surface area contributed by atoms with Crippen LogP contribution in [0.5, 0.6) is 0 Å². The highest BCUT2D eigenvalue weighted by atomic mass is 35.5. The number of aromatic nitrogens is 2. The van der Waals surface area contributed by atoms with Crippen molar-refractivity contribution in [3.8, 4) is 0 Å². The normalized spacial score (nSPS) is 17.9. The van der Waals surface area contributed by atoms with E-state index in [0.29, 0.717) is 46.0 Å². The molecule has 0 bridgehead atoms. The van der Waals surface area contributed by atoms with E-state index >= 15 is 0 Å². The smallest absolute Gasteiger partial charge is 0.265 e. The van der Waals surface area contributed by atoms with Crippen LogP contribution in [0.25, 0.3) is 0 Å². The average molecular weight is 548 g/mol. The lowest BCUT2D eigenvalue weighted by molar-refractivity contribution is 0.0982. The van der Waals surface area contributed by atoms with Gasteiger partial charge in [0.05, 0.1) is 22.4 Å². The summed E-state index contributed by atoms with van der Waals surface area (Å²) in [6.07, 6.45) is -1.23. The summed E-state index contributed by atoms with van der Waals surface area (Å²) < 4.78 is 28.0. The molecule has 1 atom stereocenters. The molecule has 1 saturated heterocycles. The van der Waals surface area contributed by atoms with Crippen LogP contribution >= 0.6 is 23.2 Å². The molecule has 2 aliphatic heterocycles. The molecule has 37 heavy (non-hydrogen) atoms. The largest absolute Gasteiger partial charge is 0.368 e. The van der Waals surface area contributed by atoms with Gasteiger partial charge in [0.15, 0.2) is 0 Å². The molecule has 1 unspecified atom stereocenters. The molecule has 0 radical (unpaired) electrons. The zero-order valence-electron chi connectivity index (χ0n) is 20.2. The Morgan fingerprint density at radius 2 is 1.95 bits per heavy atom. The van der Waals surface area contributed by atoms with Gasteiger partial charge in [0.1, 0.15) is 11.4 Å². The van der Waals surface area contributed by atoms with Crippen LogP contribution in [0.2, 0.25) is 10.0 Å². The Morgan fingerprint density at radius 1 is 1.19 bits per heavy atom. The highest BCUT2D eigenvalue weighted by molar-refractivity contribution is 6.40. The number of fused-ring (bicyclic) bond motifs is 1. The molecule has 2 aliphatic rings. The lowest BCUT2D eigenvalue weighted by Gasteiger charge is -2.35. The van der Waals surface area contributed by atoms with E-state index in [9.17, 15) is 13.6 Å². The van der Waals surface area contributed by atoms with E-state index < -0.39 is 6.43 Å². The van der Waals surface area contributed by atoms with E-state index in [1.807, 2.05) is 11.8 Å². The standard InChI is InChI=1S/C25H25Cl2F2N7O/c1-14-12-35(9-8-30-14)20-7-6-15(10-16(20)22(28)29)32-25-31-11-17-23(33-25)34(2)13-36(24(17)37)21-18(26)4-3-5-19(21)27/h3-7,10-11,14,22,30H,8-9,12-13H2,1-2H3,(H,31,32,33). The number of halogens is 4. The lowest BCUT2D eigenvalue weighted by atomic mass is 10.1. The van der Waals surface area contributed by atoms with Crippen molar-refractivity contribution in [2.75, 3.05) is 53.4 Å². The molecule has 1 fully saturated rings. The van der Waals surface area contributed by atoms with Crippen LogP contribution < -0.4 is 25.3 Å².